The van der Waals surface area contributed by atoms with E-state index in [1.807, 2.05) is 12.1 Å². The summed E-state index contributed by atoms with van der Waals surface area (Å²) in [4.78, 5) is 2.40. The van der Waals surface area contributed by atoms with E-state index in [-0.39, 0.29) is 6.10 Å². The van der Waals surface area contributed by atoms with Gasteiger partial charge in [0, 0.05) is 22.6 Å². The van der Waals surface area contributed by atoms with E-state index in [1.54, 1.807) is 6.07 Å². The molecular formula is C15H22BrNO2. The summed E-state index contributed by atoms with van der Waals surface area (Å²) in [5, 5.41) is 19.5. The van der Waals surface area contributed by atoms with Crippen molar-refractivity contribution in [3.63, 3.8) is 0 Å². The number of nitrogens with zero attached hydrogens (tertiary/aromatic N) is 1. The van der Waals surface area contributed by atoms with E-state index < -0.39 is 0 Å². The lowest BCUT2D eigenvalue weighted by atomic mass is 9.91. The van der Waals surface area contributed by atoms with Crippen LogP contribution in [0.15, 0.2) is 22.7 Å². The highest BCUT2D eigenvalue weighted by Crippen LogP contribution is 2.28. The van der Waals surface area contributed by atoms with Crippen molar-refractivity contribution in [2.24, 2.45) is 0 Å². The smallest absolute Gasteiger partial charge is 0.120 e. The molecule has 0 radical (unpaired) electrons. The first-order chi connectivity index (χ1) is 9.10. The highest BCUT2D eigenvalue weighted by molar-refractivity contribution is 9.10. The predicted molar refractivity (Wildman–Crippen MR) is 80.2 cm³/mol. The Labute approximate surface area is 123 Å². The van der Waals surface area contributed by atoms with Crippen LogP contribution in [-0.2, 0) is 6.54 Å². The van der Waals surface area contributed by atoms with E-state index in [2.05, 4.69) is 27.8 Å². The fourth-order valence-electron chi connectivity index (χ4n) is 2.82. The van der Waals surface area contributed by atoms with Crippen molar-refractivity contribution in [1.82, 2.24) is 4.90 Å². The monoisotopic (exact) mass is 327 g/mol. The number of benzene rings is 1. The third-order valence-electron chi connectivity index (χ3n) is 4.00. The van der Waals surface area contributed by atoms with Gasteiger partial charge in [0.15, 0.2) is 0 Å². The molecule has 3 nitrogen and oxygen atoms in total. The summed E-state index contributed by atoms with van der Waals surface area (Å²) in [6.07, 6.45) is 3.76. The molecule has 0 unspecified atom stereocenters. The Morgan fingerprint density at radius 1 is 1.26 bits per heavy atom. The fraction of sp³-hybridized carbons (Fsp3) is 0.600. The average molecular weight is 328 g/mol. The van der Waals surface area contributed by atoms with Crippen LogP contribution >= 0.6 is 15.9 Å². The van der Waals surface area contributed by atoms with Gasteiger partial charge in [0.25, 0.3) is 0 Å². The first-order valence-corrected chi connectivity index (χ1v) is 7.79. The Hall–Kier alpha value is -0.580. The maximum atomic E-state index is 9.93. The second-order valence-corrected chi connectivity index (χ2v) is 6.21. The molecule has 1 aromatic rings. The van der Waals surface area contributed by atoms with Crippen LogP contribution in [0.1, 0.15) is 38.2 Å². The Kier molecular flexibility index (Phi) is 5.25. The van der Waals surface area contributed by atoms with E-state index in [4.69, 9.17) is 0 Å². The van der Waals surface area contributed by atoms with Crippen molar-refractivity contribution >= 4 is 15.9 Å². The number of hydrogen-bond donors (Lipinski definition) is 2. The van der Waals surface area contributed by atoms with Crippen LogP contribution in [0.5, 0.6) is 5.75 Å². The van der Waals surface area contributed by atoms with Crippen molar-refractivity contribution in [1.29, 1.82) is 0 Å². The van der Waals surface area contributed by atoms with Crippen molar-refractivity contribution in [2.75, 3.05) is 6.54 Å². The van der Waals surface area contributed by atoms with Crippen molar-refractivity contribution in [3.8, 4) is 5.75 Å². The SMILES string of the molecule is CCN(Cc1cc(Br)ccc1O)[C@H]1CC[C@H](O)CC1. The second kappa shape index (κ2) is 6.73. The minimum atomic E-state index is -0.116. The topological polar surface area (TPSA) is 43.7 Å². The largest absolute Gasteiger partial charge is 0.508 e. The summed E-state index contributed by atoms with van der Waals surface area (Å²) in [5.74, 6) is 0.359. The molecule has 0 aromatic heterocycles. The van der Waals surface area contributed by atoms with Gasteiger partial charge in [0.1, 0.15) is 5.75 Å². The molecule has 1 aliphatic carbocycles. The van der Waals surface area contributed by atoms with Crippen molar-refractivity contribution in [3.05, 3.63) is 28.2 Å². The highest BCUT2D eigenvalue weighted by atomic mass is 79.9. The molecule has 0 heterocycles. The lowest BCUT2D eigenvalue weighted by Gasteiger charge is -2.35. The summed E-state index contributed by atoms with van der Waals surface area (Å²) in [6.45, 7) is 3.88. The van der Waals surface area contributed by atoms with Gasteiger partial charge in [-0.15, -0.1) is 0 Å². The molecule has 1 fully saturated rings. The van der Waals surface area contributed by atoms with Gasteiger partial charge in [-0.2, -0.15) is 0 Å². The molecule has 0 bridgehead atoms. The summed E-state index contributed by atoms with van der Waals surface area (Å²) >= 11 is 3.45. The average Bonchev–Trinajstić information content (AvgIpc) is 2.41. The van der Waals surface area contributed by atoms with Crippen LogP contribution < -0.4 is 0 Å². The number of phenolic OH excluding ortho intramolecular Hbond substituents is 1. The molecule has 0 atom stereocenters. The van der Waals surface area contributed by atoms with Crippen LogP contribution in [0.3, 0.4) is 0 Å². The quantitative estimate of drug-likeness (QED) is 0.891. The Morgan fingerprint density at radius 3 is 2.58 bits per heavy atom. The molecule has 0 spiro atoms. The first kappa shape index (κ1) is 14.8. The van der Waals surface area contributed by atoms with E-state index in [1.165, 1.54) is 0 Å². The molecule has 1 aromatic carbocycles. The summed E-state index contributed by atoms with van der Waals surface area (Å²) < 4.78 is 0.996. The van der Waals surface area contributed by atoms with E-state index >= 15 is 0 Å². The molecule has 19 heavy (non-hydrogen) atoms. The first-order valence-electron chi connectivity index (χ1n) is 6.99. The minimum absolute atomic E-state index is 0.116. The van der Waals surface area contributed by atoms with Gasteiger partial charge in [0.05, 0.1) is 6.10 Å². The van der Waals surface area contributed by atoms with Gasteiger partial charge >= 0.3 is 0 Å². The number of aromatic hydroxyl groups is 1. The third kappa shape index (κ3) is 3.94. The number of phenols is 1. The normalized spacial score (nSPS) is 23.8. The van der Waals surface area contributed by atoms with Gasteiger partial charge in [0.2, 0.25) is 0 Å². The summed E-state index contributed by atoms with van der Waals surface area (Å²) in [7, 11) is 0. The van der Waals surface area contributed by atoms with Crippen LogP contribution in [0.2, 0.25) is 0 Å². The lowest BCUT2D eigenvalue weighted by molar-refractivity contribution is 0.0724. The molecule has 0 saturated heterocycles. The molecule has 0 amide bonds. The fourth-order valence-corrected chi connectivity index (χ4v) is 3.23. The van der Waals surface area contributed by atoms with Gasteiger partial charge < -0.3 is 10.2 Å². The van der Waals surface area contributed by atoms with Crippen molar-refractivity contribution < 1.29 is 10.2 Å². The highest BCUT2D eigenvalue weighted by Gasteiger charge is 2.24. The molecule has 4 heteroatoms. The second-order valence-electron chi connectivity index (χ2n) is 5.30. The molecule has 0 aliphatic heterocycles. The van der Waals surface area contributed by atoms with Crippen LogP contribution in [0.4, 0.5) is 0 Å². The molecule has 2 N–H and O–H groups in total. The Balaban J connectivity index is 2.04. The zero-order chi connectivity index (χ0) is 13.8. The van der Waals surface area contributed by atoms with Gasteiger partial charge in [-0.3, -0.25) is 4.90 Å². The standard InChI is InChI=1S/C15H22BrNO2/c1-2-17(13-4-6-14(18)7-5-13)10-11-9-12(16)3-8-15(11)19/h3,8-9,13-14,18-19H,2,4-7,10H2,1H3/t13-,14-. The van der Waals surface area contributed by atoms with Crippen LogP contribution in [0, 0.1) is 0 Å². The van der Waals surface area contributed by atoms with Gasteiger partial charge in [-0.05, 0) is 50.4 Å². The van der Waals surface area contributed by atoms with Gasteiger partial charge in [-0.25, -0.2) is 0 Å². The summed E-state index contributed by atoms with van der Waals surface area (Å²) in [6, 6.07) is 6.09. The maximum absolute atomic E-state index is 9.93. The number of halogens is 1. The Bertz CT molecular complexity index is 417. The molecule has 106 valence electrons. The summed E-state index contributed by atoms with van der Waals surface area (Å²) in [5.41, 5.74) is 0.961. The van der Waals surface area contributed by atoms with Crippen LogP contribution in [-0.4, -0.2) is 33.8 Å². The van der Waals surface area contributed by atoms with E-state index in [0.717, 1.165) is 48.8 Å². The number of rotatable bonds is 4. The molecule has 1 aliphatic rings. The van der Waals surface area contributed by atoms with Crippen LogP contribution in [0.25, 0.3) is 0 Å². The zero-order valence-corrected chi connectivity index (χ0v) is 12.9. The molecular weight excluding hydrogens is 306 g/mol. The van der Waals surface area contributed by atoms with Crippen molar-refractivity contribution in [2.45, 2.75) is 51.3 Å². The third-order valence-corrected chi connectivity index (χ3v) is 4.50. The van der Waals surface area contributed by atoms with Gasteiger partial charge in [-0.1, -0.05) is 22.9 Å². The molecule has 1 saturated carbocycles. The maximum Gasteiger partial charge on any atom is 0.120 e. The zero-order valence-electron chi connectivity index (χ0n) is 11.3. The minimum Gasteiger partial charge on any atom is -0.508 e. The number of aliphatic hydroxyl groups excluding tert-OH is 1. The molecule has 2 rings (SSSR count). The Morgan fingerprint density at radius 2 is 1.95 bits per heavy atom. The van der Waals surface area contributed by atoms with E-state index in [0.29, 0.717) is 11.8 Å². The van der Waals surface area contributed by atoms with E-state index in [9.17, 15) is 10.2 Å². The number of aliphatic hydroxyl groups is 1. The predicted octanol–water partition coefficient (Wildman–Crippen LogP) is 3.28. The lowest BCUT2D eigenvalue weighted by Crippen LogP contribution is -2.38. The number of hydrogen-bond acceptors (Lipinski definition) is 3.